The number of benzene rings is 2. The van der Waals surface area contributed by atoms with Crippen LogP contribution in [0.15, 0.2) is 48.5 Å². The van der Waals surface area contributed by atoms with E-state index in [2.05, 4.69) is 10.1 Å². The largest absolute Gasteiger partial charge is 0.465 e. The van der Waals surface area contributed by atoms with Crippen molar-refractivity contribution >= 4 is 29.2 Å². The van der Waals surface area contributed by atoms with Crippen LogP contribution in [0.1, 0.15) is 22.8 Å². The van der Waals surface area contributed by atoms with Crippen molar-refractivity contribution in [1.82, 2.24) is 0 Å². The van der Waals surface area contributed by atoms with E-state index in [1.54, 1.807) is 42.5 Å². The Morgan fingerprint density at radius 1 is 1.15 bits per heavy atom. The fourth-order valence-electron chi connectivity index (χ4n) is 2.33. The van der Waals surface area contributed by atoms with Crippen LogP contribution in [0.5, 0.6) is 0 Å². The van der Waals surface area contributed by atoms with Gasteiger partial charge in [0.15, 0.2) is 0 Å². The topological polar surface area (TPSA) is 99.5 Å². The van der Waals surface area contributed by atoms with Crippen LogP contribution in [0.3, 0.4) is 0 Å². The maximum absolute atomic E-state index is 12.3. The first-order valence-electron chi connectivity index (χ1n) is 7.71. The molecule has 0 saturated carbocycles. The van der Waals surface area contributed by atoms with Crippen LogP contribution in [-0.2, 0) is 14.3 Å². The summed E-state index contributed by atoms with van der Waals surface area (Å²) in [4.78, 5) is 37.2. The molecule has 0 bridgehead atoms. The van der Waals surface area contributed by atoms with E-state index in [0.29, 0.717) is 16.9 Å². The van der Waals surface area contributed by atoms with Crippen molar-refractivity contribution in [3.63, 3.8) is 0 Å². The molecular weight excluding hydrogens is 334 g/mol. The van der Waals surface area contributed by atoms with Crippen LogP contribution < -0.4 is 10.2 Å². The second-order valence-electron chi connectivity index (χ2n) is 5.35. The summed E-state index contributed by atoms with van der Waals surface area (Å²) in [5.74, 6) is -1.37. The molecule has 0 spiro atoms. The van der Waals surface area contributed by atoms with Gasteiger partial charge in [-0.15, -0.1) is 0 Å². The molecule has 26 heavy (non-hydrogen) atoms. The molecule has 0 radical (unpaired) electrons. The number of methoxy groups -OCH3 is 1. The quantitative estimate of drug-likeness (QED) is 0.834. The summed E-state index contributed by atoms with van der Waals surface area (Å²) in [6.07, 6.45) is 0. The molecule has 0 heterocycles. The van der Waals surface area contributed by atoms with E-state index >= 15 is 0 Å². The highest BCUT2D eigenvalue weighted by Crippen LogP contribution is 2.18. The molecule has 2 amide bonds. The van der Waals surface area contributed by atoms with Crippen LogP contribution in [0.25, 0.3) is 0 Å². The van der Waals surface area contributed by atoms with E-state index in [1.165, 1.54) is 25.0 Å². The van der Waals surface area contributed by atoms with E-state index in [9.17, 15) is 14.4 Å². The van der Waals surface area contributed by atoms with Gasteiger partial charge in [-0.3, -0.25) is 9.59 Å². The van der Waals surface area contributed by atoms with E-state index < -0.39 is 11.9 Å². The second-order valence-corrected chi connectivity index (χ2v) is 5.35. The Morgan fingerprint density at radius 2 is 1.88 bits per heavy atom. The lowest BCUT2D eigenvalue weighted by atomic mass is 10.1. The number of esters is 1. The number of rotatable bonds is 5. The average Bonchev–Trinajstić information content (AvgIpc) is 2.65. The molecule has 0 aromatic heterocycles. The summed E-state index contributed by atoms with van der Waals surface area (Å²) >= 11 is 0. The maximum atomic E-state index is 12.3. The maximum Gasteiger partial charge on any atom is 0.337 e. The normalized spacial score (nSPS) is 9.73. The zero-order valence-electron chi connectivity index (χ0n) is 14.4. The van der Waals surface area contributed by atoms with Crippen molar-refractivity contribution < 1.29 is 19.1 Å². The molecular formula is C19H17N3O4. The number of nitriles is 1. The zero-order valence-corrected chi connectivity index (χ0v) is 14.4. The van der Waals surface area contributed by atoms with Crippen LogP contribution in [0.4, 0.5) is 11.4 Å². The van der Waals surface area contributed by atoms with Crippen LogP contribution >= 0.6 is 0 Å². The minimum absolute atomic E-state index is 0.264. The summed E-state index contributed by atoms with van der Waals surface area (Å²) in [5.41, 5.74) is 1.35. The number of nitrogens with one attached hydrogen (secondary N) is 1. The molecule has 2 aromatic rings. The summed E-state index contributed by atoms with van der Waals surface area (Å²) in [6, 6.07) is 14.8. The highest BCUT2D eigenvalue weighted by atomic mass is 16.5. The lowest BCUT2D eigenvalue weighted by Gasteiger charge is -2.21. The number of nitrogens with zero attached hydrogens (tertiary/aromatic N) is 2. The monoisotopic (exact) mass is 351 g/mol. The molecule has 2 aromatic carbocycles. The molecule has 0 atom stereocenters. The van der Waals surface area contributed by atoms with Gasteiger partial charge in [0.1, 0.15) is 12.6 Å². The van der Waals surface area contributed by atoms with Crippen molar-refractivity contribution in [3.05, 3.63) is 59.7 Å². The van der Waals surface area contributed by atoms with Gasteiger partial charge in [-0.25, -0.2) is 4.79 Å². The van der Waals surface area contributed by atoms with Gasteiger partial charge in [-0.2, -0.15) is 5.26 Å². The number of ether oxygens (including phenoxy) is 1. The van der Waals surface area contributed by atoms with Crippen LogP contribution in [0, 0.1) is 11.3 Å². The molecule has 0 aliphatic carbocycles. The molecule has 1 N–H and O–H groups in total. The number of anilines is 2. The van der Waals surface area contributed by atoms with Gasteiger partial charge in [0.25, 0.3) is 0 Å². The molecule has 0 aliphatic rings. The summed E-state index contributed by atoms with van der Waals surface area (Å²) in [6.45, 7) is 1.06. The number of para-hydroxylation sites is 1. The highest BCUT2D eigenvalue weighted by molar-refractivity contribution is 6.03. The third-order valence-corrected chi connectivity index (χ3v) is 3.58. The Bertz CT molecular complexity index is 886. The van der Waals surface area contributed by atoms with Gasteiger partial charge < -0.3 is 15.0 Å². The van der Waals surface area contributed by atoms with Gasteiger partial charge in [0.05, 0.1) is 23.9 Å². The van der Waals surface area contributed by atoms with Crippen molar-refractivity contribution in [2.75, 3.05) is 23.9 Å². The SMILES string of the molecule is COC(=O)c1cccc(N(CC(=O)Nc2ccccc2C#N)C(C)=O)c1. The Kier molecular flexibility index (Phi) is 6.06. The average molecular weight is 351 g/mol. The molecule has 7 nitrogen and oxygen atoms in total. The number of carbonyl (C=O) groups excluding carboxylic acids is 3. The number of amides is 2. The van der Waals surface area contributed by atoms with E-state index in [0.717, 1.165) is 0 Å². The van der Waals surface area contributed by atoms with Crippen molar-refractivity contribution in [3.8, 4) is 6.07 Å². The fraction of sp³-hybridized carbons (Fsp3) is 0.158. The smallest absolute Gasteiger partial charge is 0.337 e. The van der Waals surface area contributed by atoms with Gasteiger partial charge in [0, 0.05) is 12.6 Å². The van der Waals surface area contributed by atoms with Gasteiger partial charge in [-0.1, -0.05) is 18.2 Å². The first kappa shape index (κ1) is 18.7. The molecule has 0 unspecified atom stereocenters. The standard InChI is InChI=1S/C19H17N3O4/c1-13(23)22(16-8-5-7-14(10-16)19(25)26-2)12-18(24)21-17-9-4-3-6-15(17)11-20/h3-10H,12H2,1-2H3,(H,21,24). The Hall–Kier alpha value is -3.66. The Morgan fingerprint density at radius 3 is 2.54 bits per heavy atom. The minimum atomic E-state index is -0.539. The Labute approximate surface area is 150 Å². The third-order valence-electron chi connectivity index (χ3n) is 3.58. The lowest BCUT2D eigenvalue weighted by molar-refractivity contribution is -0.120. The zero-order chi connectivity index (χ0) is 19.1. The minimum Gasteiger partial charge on any atom is -0.465 e. The highest BCUT2D eigenvalue weighted by Gasteiger charge is 2.18. The lowest BCUT2D eigenvalue weighted by Crippen LogP contribution is -2.36. The van der Waals surface area contributed by atoms with Crippen LogP contribution in [0.2, 0.25) is 0 Å². The molecule has 0 aliphatic heterocycles. The fourth-order valence-corrected chi connectivity index (χ4v) is 2.33. The predicted molar refractivity (Wildman–Crippen MR) is 95.6 cm³/mol. The Balaban J connectivity index is 2.21. The van der Waals surface area contributed by atoms with Crippen molar-refractivity contribution in [2.24, 2.45) is 0 Å². The third kappa shape index (κ3) is 4.45. The van der Waals surface area contributed by atoms with Crippen LogP contribution in [-0.4, -0.2) is 31.4 Å². The molecule has 7 heteroatoms. The van der Waals surface area contributed by atoms with Crippen molar-refractivity contribution in [2.45, 2.75) is 6.92 Å². The van der Waals surface area contributed by atoms with Gasteiger partial charge >= 0.3 is 5.97 Å². The summed E-state index contributed by atoms with van der Waals surface area (Å²) in [5, 5.41) is 11.7. The van der Waals surface area contributed by atoms with Gasteiger partial charge in [-0.05, 0) is 30.3 Å². The number of hydrogen-bond donors (Lipinski definition) is 1. The van der Waals surface area contributed by atoms with E-state index in [1.807, 2.05) is 6.07 Å². The second kappa shape index (κ2) is 8.44. The first-order chi connectivity index (χ1) is 12.5. The molecule has 0 saturated heterocycles. The molecule has 132 valence electrons. The summed E-state index contributed by atoms with van der Waals surface area (Å²) < 4.78 is 4.66. The van der Waals surface area contributed by atoms with E-state index in [-0.39, 0.29) is 18.0 Å². The van der Waals surface area contributed by atoms with Crippen molar-refractivity contribution in [1.29, 1.82) is 5.26 Å². The molecule has 2 rings (SSSR count). The predicted octanol–water partition coefficient (Wildman–Crippen LogP) is 2.34. The number of hydrogen-bond acceptors (Lipinski definition) is 5. The molecule has 0 fully saturated rings. The van der Waals surface area contributed by atoms with Gasteiger partial charge in [0.2, 0.25) is 11.8 Å². The first-order valence-corrected chi connectivity index (χ1v) is 7.71. The van der Waals surface area contributed by atoms with E-state index in [4.69, 9.17) is 5.26 Å². The number of carbonyl (C=O) groups is 3. The summed E-state index contributed by atoms with van der Waals surface area (Å²) in [7, 11) is 1.26.